The lowest BCUT2D eigenvalue weighted by Crippen LogP contribution is -2.09. The molecule has 3 aromatic rings. The fourth-order valence-corrected chi connectivity index (χ4v) is 3.73. The molecule has 0 aliphatic heterocycles. The van der Waals surface area contributed by atoms with Crippen molar-refractivity contribution in [3.05, 3.63) is 42.1 Å². The van der Waals surface area contributed by atoms with Crippen LogP contribution in [0.15, 0.2) is 36.5 Å². The van der Waals surface area contributed by atoms with E-state index in [0.29, 0.717) is 34.3 Å². The maximum Gasteiger partial charge on any atom is 0.307 e. The molecule has 0 radical (unpaired) electrons. The molecule has 34 heavy (non-hydrogen) atoms. The van der Waals surface area contributed by atoms with Gasteiger partial charge in [-0.05, 0) is 76.8 Å². The number of carbonyl (C=O) groups is 1. The highest BCUT2D eigenvalue weighted by Crippen LogP contribution is 2.40. The number of carboxylic acid groups (broad SMARTS) is 1. The van der Waals surface area contributed by atoms with Crippen molar-refractivity contribution in [3.8, 4) is 34.3 Å². The van der Waals surface area contributed by atoms with Crippen LogP contribution in [0.1, 0.15) is 47.1 Å². The predicted octanol–water partition coefficient (Wildman–Crippen LogP) is 5.90. The molecule has 0 unspecified atom stereocenters. The van der Waals surface area contributed by atoms with Gasteiger partial charge in [-0.2, -0.15) is 0 Å². The van der Waals surface area contributed by atoms with Gasteiger partial charge in [0.05, 0.1) is 37.5 Å². The van der Waals surface area contributed by atoms with E-state index < -0.39 is 5.97 Å². The number of carboxylic acids is 1. The quantitative estimate of drug-likeness (QED) is 0.397. The fourth-order valence-electron chi connectivity index (χ4n) is 3.73. The third kappa shape index (κ3) is 6.10. The minimum absolute atomic E-state index is 0.0133. The second kappa shape index (κ2) is 10.6. The van der Waals surface area contributed by atoms with Crippen molar-refractivity contribution < 1.29 is 28.8 Å². The highest BCUT2D eigenvalue weighted by molar-refractivity contribution is 5.99. The van der Waals surface area contributed by atoms with E-state index in [4.69, 9.17) is 18.9 Å². The maximum atomic E-state index is 11.5. The molecular formula is C27H33NO6. The number of pyridine rings is 1. The molecule has 0 amide bonds. The molecule has 0 aliphatic rings. The van der Waals surface area contributed by atoms with Gasteiger partial charge in [-0.1, -0.05) is 0 Å². The first-order valence-corrected chi connectivity index (χ1v) is 11.4. The van der Waals surface area contributed by atoms with Crippen molar-refractivity contribution in [3.63, 3.8) is 0 Å². The van der Waals surface area contributed by atoms with E-state index in [1.807, 2.05) is 71.9 Å². The van der Waals surface area contributed by atoms with E-state index in [-0.39, 0.29) is 24.7 Å². The SMILES string of the molecule is COc1cc2c(-c3cc(OC(C)C)cc(OC(C)C)c3)ncc(CC(=O)O)c2cc1OC(C)C. The van der Waals surface area contributed by atoms with Crippen LogP contribution in [0.5, 0.6) is 23.0 Å². The molecule has 0 fully saturated rings. The Bertz CT molecular complexity index is 1140. The number of ether oxygens (including phenoxy) is 4. The van der Waals surface area contributed by atoms with Crippen molar-refractivity contribution in [1.29, 1.82) is 0 Å². The number of hydrogen-bond acceptors (Lipinski definition) is 6. The Hall–Kier alpha value is -3.48. The second-order valence-corrected chi connectivity index (χ2v) is 8.94. The lowest BCUT2D eigenvalue weighted by molar-refractivity contribution is -0.136. The van der Waals surface area contributed by atoms with Gasteiger partial charge in [0.25, 0.3) is 0 Å². The van der Waals surface area contributed by atoms with Gasteiger partial charge in [0.2, 0.25) is 0 Å². The Morgan fingerprint density at radius 2 is 1.38 bits per heavy atom. The molecule has 7 nitrogen and oxygen atoms in total. The number of hydrogen-bond donors (Lipinski definition) is 1. The number of methoxy groups -OCH3 is 1. The van der Waals surface area contributed by atoms with Crippen LogP contribution in [0.4, 0.5) is 0 Å². The lowest BCUT2D eigenvalue weighted by atomic mass is 9.98. The van der Waals surface area contributed by atoms with Crippen LogP contribution in [0.2, 0.25) is 0 Å². The van der Waals surface area contributed by atoms with Gasteiger partial charge < -0.3 is 24.1 Å². The van der Waals surface area contributed by atoms with Crippen LogP contribution < -0.4 is 18.9 Å². The number of rotatable bonds is 10. The summed E-state index contributed by atoms with van der Waals surface area (Å²) in [5, 5.41) is 10.9. The maximum absolute atomic E-state index is 11.5. The first kappa shape index (κ1) is 25.1. The first-order valence-electron chi connectivity index (χ1n) is 11.4. The summed E-state index contributed by atoms with van der Waals surface area (Å²) in [7, 11) is 1.58. The van der Waals surface area contributed by atoms with Crippen LogP contribution in [0, 0.1) is 0 Å². The average molecular weight is 468 g/mol. The standard InChI is InChI=1S/C27H33NO6/c1-15(2)32-20-8-18(9-21(11-20)33-16(3)4)27-23-13-24(31-7)25(34-17(5)6)12-22(23)19(14-28-27)10-26(29)30/h8-9,11-17H,10H2,1-7H3,(H,29,30). The van der Waals surface area contributed by atoms with E-state index >= 15 is 0 Å². The minimum Gasteiger partial charge on any atom is -0.493 e. The second-order valence-electron chi connectivity index (χ2n) is 8.94. The molecule has 0 bridgehead atoms. The van der Waals surface area contributed by atoms with Gasteiger partial charge in [0.15, 0.2) is 11.5 Å². The number of fused-ring (bicyclic) bond motifs is 1. The molecule has 1 heterocycles. The predicted molar refractivity (Wildman–Crippen MR) is 132 cm³/mol. The van der Waals surface area contributed by atoms with Gasteiger partial charge in [-0.25, -0.2) is 0 Å². The number of benzene rings is 2. The summed E-state index contributed by atoms with van der Waals surface area (Å²) in [5.74, 6) is 1.50. The van der Waals surface area contributed by atoms with Crippen molar-refractivity contribution >= 4 is 16.7 Å². The summed E-state index contributed by atoms with van der Waals surface area (Å²) < 4.78 is 23.5. The zero-order valence-corrected chi connectivity index (χ0v) is 20.8. The molecule has 0 spiro atoms. The molecule has 182 valence electrons. The monoisotopic (exact) mass is 467 g/mol. The zero-order chi connectivity index (χ0) is 25.0. The zero-order valence-electron chi connectivity index (χ0n) is 20.8. The van der Waals surface area contributed by atoms with E-state index in [1.54, 1.807) is 13.3 Å². The largest absolute Gasteiger partial charge is 0.493 e. The van der Waals surface area contributed by atoms with Crippen LogP contribution in [-0.4, -0.2) is 41.5 Å². The van der Waals surface area contributed by atoms with Gasteiger partial charge >= 0.3 is 5.97 Å². The first-order chi connectivity index (χ1) is 16.1. The van der Waals surface area contributed by atoms with Crippen LogP contribution in [0.25, 0.3) is 22.0 Å². The van der Waals surface area contributed by atoms with Crippen molar-refractivity contribution in [1.82, 2.24) is 4.98 Å². The molecule has 1 aromatic heterocycles. The van der Waals surface area contributed by atoms with Crippen molar-refractivity contribution in [2.45, 2.75) is 66.3 Å². The summed E-state index contributed by atoms with van der Waals surface area (Å²) in [6.07, 6.45) is 1.35. The Morgan fingerprint density at radius 1 is 0.824 bits per heavy atom. The number of aliphatic carboxylic acids is 1. The van der Waals surface area contributed by atoms with E-state index in [9.17, 15) is 9.90 Å². The lowest BCUT2D eigenvalue weighted by Gasteiger charge is -2.18. The van der Waals surface area contributed by atoms with Crippen LogP contribution >= 0.6 is 0 Å². The van der Waals surface area contributed by atoms with Gasteiger partial charge in [-0.15, -0.1) is 0 Å². The third-order valence-corrected chi connectivity index (χ3v) is 4.86. The Labute approximate surface area is 200 Å². The summed E-state index contributed by atoms with van der Waals surface area (Å²) in [6.45, 7) is 11.7. The van der Waals surface area contributed by atoms with Gasteiger partial charge in [0, 0.05) is 23.2 Å². The Balaban J connectivity index is 2.29. The molecule has 0 aliphatic carbocycles. The average Bonchev–Trinajstić information content (AvgIpc) is 2.71. The normalized spacial score (nSPS) is 11.4. The highest BCUT2D eigenvalue weighted by atomic mass is 16.5. The third-order valence-electron chi connectivity index (χ3n) is 4.86. The smallest absolute Gasteiger partial charge is 0.307 e. The van der Waals surface area contributed by atoms with Gasteiger partial charge in [-0.3, -0.25) is 9.78 Å². The molecule has 2 aromatic carbocycles. The Kier molecular flexibility index (Phi) is 7.87. The fraction of sp³-hybridized carbons (Fsp3) is 0.407. The van der Waals surface area contributed by atoms with Crippen LogP contribution in [-0.2, 0) is 11.2 Å². The molecule has 0 saturated heterocycles. The summed E-state index contributed by atoms with van der Waals surface area (Å²) in [5.41, 5.74) is 2.05. The van der Waals surface area contributed by atoms with E-state index in [1.165, 1.54) is 0 Å². The van der Waals surface area contributed by atoms with Crippen LogP contribution in [0.3, 0.4) is 0 Å². The Morgan fingerprint density at radius 3 is 1.88 bits per heavy atom. The number of nitrogens with zero attached hydrogens (tertiary/aromatic N) is 1. The molecule has 0 atom stereocenters. The van der Waals surface area contributed by atoms with E-state index in [2.05, 4.69) is 4.98 Å². The molecule has 0 saturated carbocycles. The molecule has 1 N–H and O–H groups in total. The molecular weight excluding hydrogens is 434 g/mol. The number of aromatic nitrogens is 1. The summed E-state index contributed by atoms with van der Waals surface area (Å²) >= 11 is 0. The molecule has 7 heteroatoms. The molecule has 3 rings (SSSR count). The van der Waals surface area contributed by atoms with Crippen molar-refractivity contribution in [2.24, 2.45) is 0 Å². The summed E-state index contributed by atoms with van der Waals surface area (Å²) in [6, 6.07) is 9.37. The summed E-state index contributed by atoms with van der Waals surface area (Å²) in [4.78, 5) is 16.2. The minimum atomic E-state index is -0.932. The van der Waals surface area contributed by atoms with Gasteiger partial charge in [0.1, 0.15) is 11.5 Å². The van der Waals surface area contributed by atoms with E-state index in [0.717, 1.165) is 16.3 Å². The topological polar surface area (TPSA) is 87.1 Å². The highest BCUT2D eigenvalue weighted by Gasteiger charge is 2.18. The van der Waals surface area contributed by atoms with Crippen molar-refractivity contribution in [2.75, 3.05) is 7.11 Å².